The lowest BCUT2D eigenvalue weighted by Gasteiger charge is -2.24. The van der Waals surface area contributed by atoms with Gasteiger partial charge in [-0.2, -0.15) is 4.31 Å². The molecule has 0 amide bonds. The van der Waals surface area contributed by atoms with Crippen molar-refractivity contribution < 1.29 is 13.2 Å². The average Bonchev–Trinajstić information content (AvgIpc) is 2.42. The molecule has 0 aliphatic heterocycles. The molecule has 1 aromatic carbocycles. The third kappa shape index (κ3) is 4.93. The number of sulfonamides is 1. The van der Waals surface area contributed by atoms with Gasteiger partial charge in [0.15, 0.2) is 0 Å². The van der Waals surface area contributed by atoms with Crippen molar-refractivity contribution in [3.63, 3.8) is 0 Å². The smallest absolute Gasteiger partial charge is 0.243 e. The number of benzene rings is 1. The fourth-order valence-corrected chi connectivity index (χ4v) is 3.85. The summed E-state index contributed by atoms with van der Waals surface area (Å²) < 4.78 is 31.8. The lowest BCUT2D eigenvalue weighted by atomic mass is 10.2. The predicted octanol–water partition coefficient (Wildman–Crippen LogP) is 2.09. The highest BCUT2D eigenvalue weighted by molar-refractivity contribution is 7.89. The van der Waals surface area contributed by atoms with E-state index in [-0.39, 0.29) is 17.4 Å². The summed E-state index contributed by atoms with van der Waals surface area (Å²) >= 11 is 6.06. The molecule has 7 heteroatoms. The van der Waals surface area contributed by atoms with Crippen LogP contribution in [-0.4, -0.2) is 39.5 Å². The molecular weight excluding hydrogens is 312 g/mol. The van der Waals surface area contributed by atoms with Crippen molar-refractivity contribution in [3.8, 4) is 0 Å². The summed E-state index contributed by atoms with van der Waals surface area (Å²) in [5.41, 5.74) is 6.27. The number of rotatable bonds is 8. The lowest BCUT2D eigenvalue weighted by molar-refractivity contribution is 0.175. The van der Waals surface area contributed by atoms with Gasteiger partial charge in [0.2, 0.25) is 10.0 Å². The number of nitrogens with two attached hydrogens (primary N) is 1. The molecule has 0 heterocycles. The second-order valence-electron chi connectivity index (χ2n) is 5.21. The fraction of sp³-hybridized carbons (Fsp3) is 0.571. The van der Waals surface area contributed by atoms with Crippen LogP contribution >= 0.6 is 11.6 Å². The second kappa shape index (κ2) is 8.10. The molecule has 0 unspecified atom stereocenters. The van der Waals surface area contributed by atoms with Gasteiger partial charge in [0.25, 0.3) is 0 Å². The van der Waals surface area contributed by atoms with Crippen LogP contribution in [0, 0.1) is 5.92 Å². The highest BCUT2D eigenvalue weighted by atomic mass is 35.5. The normalized spacial score (nSPS) is 12.3. The summed E-state index contributed by atoms with van der Waals surface area (Å²) in [4.78, 5) is 0.182. The van der Waals surface area contributed by atoms with Crippen molar-refractivity contribution in [1.82, 2.24) is 4.31 Å². The first-order valence-corrected chi connectivity index (χ1v) is 8.62. The lowest BCUT2D eigenvalue weighted by Crippen LogP contribution is -2.36. The quantitative estimate of drug-likeness (QED) is 0.790. The zero-order chi connectivity index (χ0) is 16.0. The first kappa shape index (κ1) is 18.4. The minimum Gasteiger partial charge on any atom is -0.383 e. The van der Waals surface area contributed by atoms with Gasteiger partial charge in [-0.05, 0) is 23.6 Å². The third-order valence-corrected chi connectivity index (χ3v) is 5.21. The van der Waals surface area contributed by atoms with Crippen LogP contribution < -0.4 is 5.73 Å². The Bertz CT molecular complexity index is 561. The topological polar surface area (TPSA) is 72.6 Å². The Balaban J connectivity index is 3.12. The van der Waals surface area contributed by atoms with Crippen LogP contribution in [0.15, 0.2) is 23.1 Å². The molecule has 0 spiro atoms. The Labute approximate surface area is 132 Å². The van der Waals surface area contributed by atoms with Crippen LogP contribution in [0.25, 0.3) is 0 Å². The number of nitrogens with zero attached hydrogens (tertiary/aromatic N) is 1. The van der Waals surface area contributed by atoms with Gasteiger partial charge in [0.05, 0.1) is 11.5 Å². The van der Waals surface area contributed by atoms with Crippen molar-refractivity contribution in [2.45, 2.75) is 25.3 Å². The zero-order valence-electron chi connectivity index (χ0n) is 12.7. The van der Waals surface area contributed by atoms with E-state index in [9.17, 15) is 8.42 Å². The van der Waals surface area contributed by atoms with E-state index in [4.69, 9.17) is 22.1 Å². The highest BCUT2D eigenvalue weighted by Crippen LogP contribution is 2.23. The molecule has 0 atom stereocenters. The van der Waals surface area contributed by atoms with Gasteiger partial charge >= 0.3 is 0 Å². The van der Waals surface area contributed by atoms with Crippen molar-refractivity contribution in [3.05, 3.63) is 28.8 Å². The monoisotopic (exact) mass is 334 g/mol. The third-order valence-electron chi connectivity index (χ3n) is 3.00. The van der Waals surface area contributed by atoms with Crippen LogP contribution in [0.3, 0.4) is 0 Å². The molecule has 0 radical (unpaired) electrons. The average molecular weight is 335 g/mol. The number of methoxy groups -OCH3 is 1. The standard InChI is InChI=1S/C14H23ClN2O3S/c1-11(2)10-17(6-7-20-3)21(18,19)13-5-4-12(9-16)14(15)8-13/h4-5,8,11H,6-7,9-10,16H2,1-3H3. The van der Waals surface area contributed by atoms with Gasteiger partial charge in [-0.15, -0.1) is 0 Å². The van der Waals surface area contributed by atoms with Gasteiger partial charge in [-0.3, -0.25) is 0 Å². The van der Waals surface area contributed by atoms with E-state index >= 15 is 0 Å². The molecule has 0 aliphatic rings. The largest absolute Gasteiger partial charge is 0.383 e. The van der Waals surface area contributed by atoms with Crippen LogP contribution in [-0.2, 0) is 21.3 Å². The first-order chi connectivity index (χ1) is 9.82. The van der Waals surface area contributed by atoms with Crippen LogP contribution in [0.4, 0.5) is 0 Å². The SMILES string of the molecule is COCCN(CC(C)C)S(=O)(=O)c1ccc(CN)c(Cl)c1. The molecule has 21 heavy (non-hydrogen) atoms. The zero-order valence-corrected chi connectivity index (χ0v) is 14.2. The Morgan fingerprint density at radius 2 is 2.05 bits per heavy atom. The minimum atomic E-state index is -3.59. The van der Waals surface area contributed by atoms with Gasteiger partial charge in [0, 0.05) is 31.8 Å². The van der Waals surface area contributed by atoms with Crippen molar-refractivity contribution in [2.24, 2.45) is 11.7 Å². The second-order valence-corrected chi connectivity index (χ2v) is 7.55. The van der Waals surface area contributed by atoms with Crippen molar-refractivity contribution in [2.75, 3.05) is 26.8 Å². The Morgan fingerprint density at radius 3 is 2.52 bits per heavy atom. The molecule has 0 bridgehead atoms. The molecule has 0 fully saturated rings. The summed E-state index contributed by atoms with van der Waals surface area (Å²) in [7, 11) is -2.04. The number of halogens is 1. The van der Waals surface area contributed by atoms with E-state index in [2.05, 4.69) is 0 Å². The first-order valence-electron chi connectivity index (χ1n) is 6.80. The van der Waals surface area contributed by atoms with E-state index in [0.29, 0.717) is 24.7 Å². The van der Waals surface area contributed by atoms with E-state index in [1.807, 2.05) is 13.8 Å². The van der Waals surface area contributed by atoms with Crippen molar-refractivity contribution >= 4 is 21.6 Å². The molecule has 1 rings (SSSR count). The van der Waals surface area contributed by atoms with E-state index < -0.39 is 10.0 Å². The molecular formula is C14H23ClN2O3S. The summed E-state index contributed by atoms with van der Waals surface area (Å²) in [6, 6.07) is 4.65. The molecule has 0 saturated carbocycles. The van der Waals surface area contributed by atoms with E-state index in [1.165, 1.54) is 10.4 Å². The molecule has 5 nitrogen and oxygen atoms in total. The van der Waals surface area contributed by atoms with Crippen LogP contribution in [0.1, 0.15) is 19.4 Å². The van der Waals surface area contributed by atoms with Crippen molar-refractivity contribution in [1.29, 1.82) is 0 Å². The summed E-state index contributed by atoms with van der Waals surface area (Å²) in [6.07, 6.45) is 0. The molecule has 120 valence electrons. The number of hydrogen-bond donors (Lipinski definition) is 1. The summed E-state index contributed by atoms with van der Waals surface area (Å²) in [5, 5.41) is 0.370. The van der Waals surface area contributed by atoms with E-state index in [0.717, 1.165) is 5.56 Å². The Morgan fingerprint density at radius 1 is 1.38 bits per heavy atom. The molecule has 0 aromatic heterocycles. The maximum Gasteiger partial charge on any atom is 0.243 e. The molecule has 1 aromatic rings. The number of ether oxygens (including phenoxy) is 1. The van der Waals surface area contributed by atoms with Gasteiger partial charge < -0.3 is 10.5 Å². The van der Waals surface area contributed by atoms with Crippen LogP contribution in [0.2, 0.25) is 5.02 Å². The number of hydrogen-bond acceptors (Lipinski definition) is 4. The van der Waals surface area contributed by atoms with Gasteiger partial charge in [-0.25, -0.2) is 8.42 Å². The fourth-order valence-electron chi connectivity index (χ4n) is 1.91. The molecule has 0 aliphatic carbocycles. The molecule has 2 N–H and O–H groups in total. The minimum absolute atomic E-state index is 0.182. The maximum atomic E-state index is 12.7. The van der Waals surface area contributed by atoms with Gasteiger partial charge in [-0.1, -0.05) is 31.5 Å². The molecule has 0 saturated heterocycles. The predicted molar refractivity (Wildman–Crippen MR) is 84.8 cm³/mol. The van der Waals surface area contributed by atoms with E-state index in [1.54, 1.807) is 19.2 Å². The summed E-state index contributed by atoms with van der Waals surface area (Å²) in [5.74, 6) is 0.218. The maximum absolute atomic E-state index is 12.7. The Hall–Kier alpha value is -0.660. The highest BCUT2D eigenvalue weighted by Gasteiger charge is 2.25. The summed E-state index contributed by atoms with van der Waals surface area (Å²) in [6.45, 7) is 5.31. The Kier molecular flexibility index (Phi) is 7.09. The van der Waals surface area contributed by atoms with Crippen LogP contribution in [0.5, 0.6) is 0 Å². The van der Waals surface area contributed by atoms with Gasteiger partial charge in [0.1, 0.15) is 0 Å².